The molecule has 4 nitrogen and oxygen atoms in total. The normalized spacial score (nSPS) is 11.2. The molecular weight excluding hydrogens is 295 g/mol. The predicted molar refractivity (Wildman–Crippen MR) is 66.4 cm³/mol. The molecule has 20 heavy (non-hydrogen) atoms. The summed E-state index contributed by atoms with van der Waals surface area (Å²) in [5, 5.41) is 2.31. The van der Waals surface area contributed by atoms with Crippen molar-refractivity contribution in [1.82, 2.24) is 9.97 Å². The Labute approximate surface area is 116 Å². The highest BCUT2D eigenvalue weighted by Crippen LogP contribution is 2.30. The fourth-order valence-electron chi connectivity index (χ4n) is 1.40. The zero-order valence-corrected chi connectivity index (χ0v) is 10.5. The van der Waals surface area contributed by atoms with E-state index in [1.807, 2.05) is 0 Å². The van der Waals surface area contributed by atoms with Gasteiger partial charge in [-0.25, -0.2) is 9.97 Å². The molecule has 0 saturated heterocycles. The lowest BCUT2D eigenvalue weighted by molar-refractivity contribution is -0.137. The van der Waals surface area contributed by atoms with Crippen molar-refractivity contribution in [1.29, 1.82) is 0 Å². The molecule has 2 rings (SSSR count). The minimum absolute atomic E-state index is 0.0895. The van der Waals surface area contributed by atoms with Crippen LogP contribution in [0, 0.1) is 0 Å². The molecule has 0 saturated carbocycles. The van der Waals surface area contributed by atoms with Crippen molar-refractivity contribution in [3.8, 4) is 0 Å². The van der Waals surface area contributed by atoms with Crippen molar-refractivity contribution in [2.75, 3.05) is 5.32 Å². The molecule has 0 fully saturated rings. The number of aromatic nitrogens is 2. The maximum Gasteiger partial charge on any atom is 0.416 e. The third-order valence-corrected chi connectivity index (χ3v) is 2.61. The SMILES string of the molecule is O=C(Nc1cc(C(F)(F)F)ccn1)c1ncccc1Cl. The van der Waals surface area contributed by atoms with Crippen LogP contribution in [0.4, 0.5) is 19.0 Å². The van der Waals surface area contributed by atoms with Gasteiger partial charge in [-0.2, -0.15) is 13.2 Å². The van der Waals surface area contributed by atoms with Crippen LogP contribution in [0.1, 0.15) is 16.1 Å². The van der Waals surface area contributed by atoms with Gasteiger partial charge in [0, 0.05) is 12.4 Å². The van der Waals surface area contributed by atoms with Gasteiger partial charge in [0.2, 0.25) is 0 Å². The molecule has 2 aromatic rings. The van der Waals surface area contributed by atoms with Gasteiger partial charge in [-0.05, 0) is 24.3 Å². The number of carbonyl (C=O) groups excluding carboxylic acids is 1. The summed E-state index contributed by atoms with van der Waals surface area (Å²) in [7, 11) is 0. The molecule has 0 aliphatic heterocycles. The number of amides is 1. The number of halogens is 4. The monoisotopic (exact) mass is 301 g/mol. The van der Waals surface area contributed by atoms with E-state index in [1.165, 1.54) is 18.3 Å². The summed E-state index contributed by atoms with van der Waals surface area (Å²) in [6, 6.07) is 4.52. The minimum Gasteiger partial charge on any atom is -0.305 e. The average Bonchev–Trinajstić information content (AvgIpc) is 2.38. The number of carbonyl (C=O) groups is 1. The first-order valence-corrected chi connectivity index (χ1v) is 5.71. The quantitative estimate of drug-likeness (QED) is 0.925. The van der Waals surface area contributed by atoms with Crippen LogP contribution in [0.3, 0.4) is 0 Å². The van der Waals surface area contributed by atoms with Crippen LogP contribution < -0.4 is 5.32 Å². The molecule has 0 aromatic carbocycles. The second-order valence-corrected chi connectivity index (χ2v) is 4.12. The molecule has 0 atom stereocenters. The van der Waals surface area contributed by atoms with E-state index in [9.17, 15) is 18.0 Å². The van der Waals surface area contributed by atoms with E-state index < -0.39 is 17.6 Å². The summed E-state index contributed by atoms with van der Waals surface area (Å²) in [5.74, 6) is -0.964. The molecule has 0 spiro atoms. The van der Waals surface area contributed by atoms with Crippen LogP contribution in [0.5, 0.6) is 0 Å². The van der Waals surface area contributed by atoms with Crippen molar-refractivity contribution in [3.63, 3.8) is 0 Å². The van der Waals surface area contributed by atoms with Gasteiger partial charge >= 0.3 is 6.18 Å². The molecule has 2 aromatic heterocycles. The number of rotatable bonds is 2. The summed E-state index contributed by atoms with van der Waals surface area (Å²) in [5.41, 5.74) is -0.997. The lowest BCUT2D eigenvalue weighted by Gasteiger charge is -2.09. The fourth-order valence-corrected chi connectivity index (χ4v) is 1.61. The third kappa shape index (κ3) is 3.24. The number of nitrogens with zero attached hydrogens (tertiary/aromatic N) is 2. The Kier molecular flexibility index (Phi) is 3.89. The largest absolute Gasteiger partial charge is 0.416 e. The van der Waals surface area contributed by atoms with Gasteiger partial charge < -0.3 is 5.32 Å². The topological polar surface area (TPSA) is 54.9 Å². The number of alkyl halides is 3. The Morgan fingerprint density at radius 2 is 1.95 bits per heavy atom. The van der Waals surface area contributed by atoms with Gasteiger partial charge in [0.1, 0.15) is 11.5 Å². The standard InChI is InChI=1S/C12H7ClF3N3O/c13-8-2-1-4-18-10(8)11(20)19-9-6-7(3-5-17-9)12(14,15)16/h1-6H,(H,17,19,20). The number of hydrogen-bond acceptors (Lipinski definition) is 3. The van der Waals surface area contributed by atoms with Crippen LogP contribution in [-0.2, 0) is 6.18 Å². The molecule has 104 valence electrons. The molecule has 8 heteroatoms. The van der Waals surface area contributed by atoms with E-state index in [4.69, 9.17) is 11.6 Å². The first-order valence-electron chi connectivity index (χ1n) is 5.33. The van der Waals surface area contributed by atoms with Crippen molar-refractivity contribution in [3.05, 3.63) is 52.9 Å². The third-order valence-electron chi connectivity index (χ3n) is 2.30. The Bertz CT molecular complexity index is 646. The highest BCUT2D eigenvalue weighted by molar-refractivity contribution is 6.34. The van der Waals surface area contributed by atoms with Crippen molar-refractivity contribution in [2.24, 2.45) is 0 Å². The Morgan fingerprint density at radius 3 is 2.60 bits per heavy atom. The van der Waals surface area contributed by atoms with E-state index in [1.54, 1.807) is 0 Å². The zero-order chi connectivity index (χ0) is 14.8. The van der Waals surface area contributed by atoms with Gasteiger partial charge in [-0.15, -0.1) is 0 Å². The van der Waals surface area contributed by atoms with Crippen LogP contribution in [0.25, 0.3) is 0 Å². The van der Waals surface area contributed by atoms with Crippen molar-refractivity contribution < 1.29 is 18.0 Å². The Hall–Kier alpha value is -2.15. The van der Waals surface area contributed by atoms with Crippen LogP contribution in [0.15, 0.2) is 36.7 Å². The highest BCUT2D eigenvalue weighted by atomic mass is 35.5. The van der Waals surface area contributed by atoms with E-state index in [0.717, 1.165) is 18.3 Å². The summed E-state index contributed by atoms with van der Waals surface area (Å²) in [6.07, 6.45) is -2.20. The molecule has 0 aliphatic carbocycles. The Morgan fingerprint density at radius 1 is 1.20 bits per heavy atom. The average molecular weight is 302 g/mol. The van der Waals surface area contributed by atoms with Gasteiger partial charge in [-0.3, -0.25) is 4.79 Å². The predicted octanol–water partition coefficient (Wildman–Crippen LogP) is 3.40. The number of hydrogen-bond donors (Lipinski definition) is 1. The fraction of sp³-hybridized carbons (Fsp3) is 0.0833. The van der Waals surface area contributed by atoms with E-state index in [-0.39, 0.29) is 16.5 Å². The lowest BCUT2D eigenvalue weighted by atomic mass is 10.2. The van der Waals surface area contributed by atoms with Crippen molar-refractivity contribution >= 4 is 23.3 Å². The van der Waals surface area contributed by atoms with Gasteiger partial charge in [0.15, 0.2) is 0 Å². The van der Waals surface area contributed by atoms with Crippen LogP contribution >= 0.6 is 11.6 Å². The van der Waals surface area contributed by atoms with E-state index >= 15 is 0 Å². The molecule has 1 amide bonds. The summed E-state index contributed by atoms with van der Waals surface area (Å²) in [4.78, 5) is 19.2. The van der Waals surface area contributed by atoms with Crippen molar-refractivity contribution in [2.45, 2.75) is 6.18 Å². The second kappa shape index (κ2) is 5.46. The minimum atomic E-state index is -4.51. The molecule has 0 aliphatic rings. The van der Waals surface area contributed by atoms with Crippen LogP contribution in [0.2, 0.25) is 5.02 Å². The maximum atomic E-state index is 12.5. The second-order valence-electron chi connectivity index (χ2n) is 3.72. The van der Waals surface area contributed by atoms with E-state index in [0.29, 0.717) is 0 Å². The first-order chi connectivity index (χ1) is 9.38. The first kappa shape index (κ1) is 14.3. The van der Waals surface area contributed by atoms with Gasteiger partial charge in [0.25, 0.3) is 5.91 Å². The highest BCUT2D eigenvalue weighted by Gasteiger charge is 2.30. The lowest BCUT2D eigenvalue weighted by Crippen LogP contribution is -2.16. The number of pyridine rings is 2. The maximum absolute atomic E-state index is 12.5. The smallest absolute Gasteiger partial charge is 0.305 e. The summed E-state index contributed by atoms with van der Waals surface area (Å²) >= 11 is 5.77. The summed E-state index contributed by atoms with van der Waals surface area (Å²) < 4.78 is 37.6. The molecule has 2 heterocycles. The molecule has 0 unspecified atom stereocenters. The number of nitrogens with one attached hydrogen (secondary N) is 1. The number of anilines is 1. The molecule has 0 radical (unpaired) electrons. The molecule has 1 N–H and O–H groups in total. The Balaban J connectivity index is 2.23. The van der Waals surface area contributed by atoms with E-state index in [2.05, 4.69) is 15.3 Å². The zero-order valence-electron chi connectivity index (χ0n) is 9.78. The molecular formula is C12H7ClF3N3O. The van der Waals surface area contributed by atoms with Gasteiger partial charge in [-0.1, -0.05) is 11.6 Å². The summed E-state index contributed by atoms with van der Waals surface area (Å²) in [6.45, 7) is 0. The van der Waals surface area contributed by atoms with Gasteiger partial charge in [0.05, 0.1) is 10.6 Å². The van der Waals surface area contributed by atoms with Crippen LogP contribution in [-0.4, -0.2) is 15.9 Å². The molecule has 0 bridgehead atoms.